The molecule has 20 heavy (non-hydrogen) atoms. The predicted molar refractivity (Wildman–Crippen MR) is 86.0 cm³/mol. The first kappa shape index (κ1) is 15.1. The summed E-state index contributed by atoms with van der Waals surface area (Å²) in [4.78, 5) is 1.20. The van der Waals surface area contributed by atoms with Crippen LogP contribution < -0.4 is 5.73 Å². The van der Waals surface area contributed by atoms with Crippen LogP contribution in [0, 0.1) is 13.8 Å². The van der Waals surface area contributed by atoms with Gasteiger partial charge in [-0.3, -0.25) is 0 Å². The number of rotatable bonds is 5. The molecule has 2 nitrogen and oxygen atoms in total. The normalized spacial score (nSPS) is 14.0. The molecule has 0 saturated carbocycles. The topological polar surface area (TPSA) is 46.2 Å². The molecule has 0 heterocycles. The maximum absolute atomic E-state index is 10.8. The molecular weight excluding hydrogens is 266 g/mol. The molecule has 0 amide bonds. The van der Waals surface area contributed by atoms with E-state index in [4.69, 9.17) is 5.73 Å². The third kappa shape index (κ3) is 3.42. The van der Waals surface area contributed by atoms with Gasteiger partial charge in [-0.1, -0.05) is 48.0 Å². The lowest BCUT2D eigenvalue weighted by atomic mass is 9.96. The van der Waals surface area contributed by atoms with E-state index >= 15 is 0 Å². The molecule has 0 aliphatic rings. The van der Waals surface area contributed by atoms with Gasteiger partial charge in [0.05, 0.1) is 0 Å². The zero-order valence-electron chi connectivity index (χ0n) is 12.0. The van der Waals surface area contributed by atoms with Crippen molar-refractivity contribution in [3.63, 3.8) is 0 Å². The van der Waals surface area contributed by atoms with E-state index in [-0.39, 0.29) is 6.54 Å². The van der Waals surface area contributed by atoms with Gasteiger partial charge in [-0.2, -0.15) is 0 Å². The molecule has 3 N–H and O–H groups in total. The molecule has 0 bridgehead atoms. The van der Waals surface area contributed by atoms with Crippen molar-refractivity contribution >= 4 is 11.8 Å². The van der Waals surface area contributed by atoms with E-state index in [2.05, 4.69) is 32.0 Å². The zero-order valence-corrected chi connectivity index (χ0v) is 12.8. The van der Waals surface area contributed by atoms with Crippen molar-refractivity contribution in [3.05, 3.63) is 65.2 Å². The van der Waals surface area contributed by atoms with E-state index in [1.54, 1.807) is 11.8 Å². The summed E-state index contributed by atoms with van der Waals surface area (Å²) < 4.78 is 0. The molecule has 0 aliphatic carbocycles. The van der Waals surface area contributed by atoms with Gasteiger partial charge in [-0.25, -0.2) is 0 Å². The Balaban J connectivity index is 2.17. The molecule has 1 unspecified atom stereocenters. The molecule has 0 fully saturated rings. The second-order valence-electron chi connectivity index (χ2n) is 5.16. The molecule has 0 saturated heterocycles. The molecule has 2 aromatic carbocycles. The Bertz CT molecular complexity index is 570. The maximum atomic E-state index is 10.8. The summed E-state index contributed by atoms with van der Waals surface area (Å²) in [6.45, 7) is 4.39. The molecule has 106 valence electrons. The molecule has 2 rings (SSSR count). The van der Waals surface area contributed by atoms with E-state index in [0.29, 0.717) is 5.75 Å². The van der Waals surface area contributed by atoms with Crippen molar-refractivity contribution in [1.29, 1.82) is 0 Å². The number of aryl methyl sites for hydroxylation is 2. The highest BCUT2D eigenvalue weighted by molar-refractivity contribution is 7.99. The van der Waals surface area contributed by atoms with Gasteiger partial charge in [0.25, 0.3) is 0 Å². The first-order valence-corrected chi connectivity index (χ1v) is 7.72. The van der Waals surface area contributed by atoms with Crippen molar-refractivity contribution in [2.45, 2.75) is 24.3 Å². The standard InChI is InChI=1S/C17H21NOS/c1-13-8-9-14(2)16(10-13)20-12-17(19,11-18)15-6-4-3-5-7-15/h3-10,19H,11-12,18H2,1-2H3. The van der Waals surface area contributed by atoms with Crippen LogP contribution in [-0.2, 0) is 5.60 Å². The summed E-state index contributed by atoms with van der Waals surface area (Å²) in [7, 11) is 0. The number of nitrogens with two attached hydrogens (primary N) is 1. The zero-order chi connectivity index (χ0) is 14.6. The van der Waals surface area contributed by atoms with Crippen LogP contribution in [0.3, 0.4) is 0 Å². The maximum Gasteiger partial charge on any atom is 0.111 e. The lowest BCUT2D eigenvalue weighted by molar-refractivity contribution is 0.0721. The van der Waals surface area contributed by atoms with Crippen molar-refractivity contribution in [3.8, 4) is 0 Å². The second-order valence-corrected chi connectivity index (χ2v) is 6.18. The highest BCUT2D eigenvalue weighted by Gasteiger charge is 2.27. The quantitative estimate of drug-likeness (QED) is 0.830. The number of hydrogen-bond donors (Lipinski definition) is 2. The van der Waals surface area contributed by atoms with Crippen molar-refractivity contribution in [2.24, 2.45) is 5.73 Å². The second kappa shape index (κ2) is 6.44. The summed E-state index contributed by atoms with van der Waals surface area (Å²) in [6.07, 6.45) is 0. The summed E-state index contributed by atoms with van der Waals surface area (Å²) in [5, 5.41) is 10.8. The molecule has 1 atom stereocenters. The predicted octanol–water partition coefficient (Wildman–Crippen LogP) is 3.24. The summed E-state index contributed by atoms with van der Waals surface area (Å²) in [6, 6.07) is 16.0. The lowest BCUT2D eigenvalue weighted by Crippen LogP contribution is -2.37. The third-order valence-corrected chi connectivity index (χ3v) is 4.83. The Morgan fingerprint density at radius 3 is 2.45 bits per heavy atom. The third-order valence-electron chi connectivity index (χ3n) is 3.46. The molecular formula is C17H21NOS. The molecule has 3 heteroatoms. The Morgan fingerprint density at radius 2 is 1.80 bits per heavy atom. The van der Waals surface area contributed by atoms with E-state index in [9.17, 15) is 5.11 Å². The van der Waals surface area contributed by atoms with Gasteiger partial charge in [0, 0.05) is 17.2 Å². The first-order valence-electron chi connectivity index (χ1n) is 6.73. The summed E-state index contributed by atoms with van der Waals surface area (Å²) >= 11 is 1.66. The fraction of sp³-hybridized carbons (Fsp3) is 0.294. The molecule has 0 aromatic heterocycles. The Labute approximate surface area is 125 Å². The smallest absolute Gasteiger partial charge is 0.111 e. The molecule has 0 aliphatic heterocycles. The molecule has 0 spiro atoms. The van der Waals surface area contributed by atoms with Crippen molar-refractivity contribution in [2.75, 3.05) is 12.3 Å². The summed E-state index contributed by atoms with van der Waals surface area (Å²) in [5.41, 5.74) is 8.16. The Morgan fingerprint density at radius 1 is 1.10 bits per heavy atom. The first-order chi connectivity index (χ1) is 9.55. The largest absolute Gasteiger partial charge is 0.383 e. The van der Waals surface area contributed by atoms with Gasteiger partial charge in [0.2, 0.25) is 0 Å². The average molecular weight is 287 g/mol. The average Bonchev–Trinajstić information content (AvgIpc) is 2.49. The van der Waals surface area contributed by atoms with E-state index in [1.807, 2.05) is 30.3 Å². The van der Waals surface area contributed by atoms with Crippen LogP contribution in [0.1, 0.15) is 16.7 Å². The minimum atomic E-state index is -0.984. The highest BCUT2D eigenvalue weighted by atomic mass is 32.2. The van der Waals surface area contributed by atoms with Crippen LogP contribution in [0.15, 0.2) is 53.4 Å². The lowest BCUT2D eigenvalue weighted by Gasteiger charge is -2.27. The van der Waals surface area contributed by atoms with Crippen molar-refractivity contribution < 1.29 is 5.11 Å². The van der Waals surface area contributed by atoms with Crippen LogP contribution >= 0.6 is 11.8 Å². The van der Waals surface area contributed by atoms with Crippen LogP contribution in [0.4, 0.5) is 0 Å². The Hall–Kier alpha value is -1.29. The Kier molecular flexibility index (Phi) is 4.86. The fourth-order valence-electron chi connectivity index (χ4n) is 2.07. The van der Waals surface area contributed by atoms with Crippen LogP contribution in [0.25, 0.3) is 0 Å². The fourth-order valence-corrected chi connectivity index (χ4v) is 3.31. The van der Waals surface area contributed by atoms with Gasteiger partial charge >= 0.3 is 0 Å². The summed E-state index contributed by atoms with van der Waals surface area (Å²) in [5.74, 6) is 0.553. The van der Waals surface area contributed by atoms with Gasteiger partial charge < -0.3 is 10.8 Å². The number of benzene rings is 2. The number of hydrogen-bond acceptors (Lipinski definition) is 3. The van der Waals surface area contributed by atoms with Crippen LogP contribution in [-0.4, -0.2) is 17.4 Å². The van der Waals surface area contributed by atoms with Crippen LogP contribution in [0.2, 0.25) is 0 Å². The number of thioether (sulfide) groups is 1. The van der Waals surface area contributed by atoms with Gasteiger partial charge in [-0.15, -0.1) is 11.8 Å². The monoisotopic (exact) mass is 287 g/mol. The minimum absolute atomic E-state index is 0.217. The SMILES string of the molecule is Cc1ccc(C)c(SCC(O)(CN)c2ccccc2)c1. The highest BCUT2D eigenvalue weighted by Crippen LogP contribution is 2.31. The van der Waals surface area contributed by atoms with E-state index in [1.165, 1.54) is 16.0 Å². The van der Waals surface area contributed by atoms with E-state index < -0.39 is 5.60 Å². The minimum Gasteiger partial charge on any atom is -0.383 e. The molecule has 2 aromatic rings. The van der Waals surface area contributed by atoms with Gasteiger partial charge in [-0.05, 0) is 31.0 Å². The van der Waals surface area contributed by atoms with E-state index in [0.717, 1.165) is 5.56 Å². The van der Waals surface area contributed by atoms with Gasteiger partial charge in [0.15, 0.2) is 0 Å². The van der Waals surface area contributed by atoms with Crippen molar-refractivity contribution in [1.82, 2.24) is 0 Å². The van der Waals surface area contributed by atoms with Gasteiger partial charge in [0.1, 0.15) is 5.60 Å². The van der Waals surface area contributed by atoms with Crippen LogP contribution in [0.5, 0.6) is 0 Å². The number of aliphatic hydroxyl groups is 1. The molecule has 0 radical (unpaired) electrons.